The number of phenols is 2. The summed E-state index contributed by atoms with van der Waals surface area (Å²) < 4.78 is 5.31. The molecule has 1 saturated heterocycles. The summed E-state index contributed by atoms with van der Waals surface area (Å²) in [5.74, 6) is -0.278. The topological polar surface area (TPSA) is 102 Å². The third-order valence-electron chi connectivity index (χ3n) is 3.37. The van der Waals surface area contributed by atoms with E-state index in [1.165, 1.54) is 18.2 Å². The Labute approximate surface area is 140 Å². The van der Waals surface area contributed by atoms with Crippen molar-refractivity contribution in [1.82, 2.24) is 9.80 Å². The number of amides is 3. The van der Waals surface area contributed by atoms with Gasteiger partial charge in [0.2, 0.25) is 0 Å². The van der Waals surface area contributed by atoms with Gasteiger partial charge in [-0.05, 0) is 20.8 Å². The molecule has 2 rings (SSSR count). The third kappa shape index (κ3) is 4.94. The fourth-order valence-corrected chi connectivity index (χ4v) is 2.29. The van der Waals surface area contributed by atoms with Crippen molar-refractivity contribution in [2.45, 2.75) is 26.4 Å². The molecule has 8 nitrogen and oxygen atoms in total. The fourth-order valence-electron chi connectivity index (χ4n) is 2.29. The van der Waals surface area contributed by atoms with Crippen molar-refractivity contribution in [3.05, 3.63) is 18.2 Å². The van der Waals surface area contributed by atoms with Crippen LogP contribution in [0.5, 0.6) is 11.5 Å². The second-order valence-electron chi connectivity index (χ2n) is 6.62. The molecule has 0 aliphatic carbocycles. The number of rotatable bonds is 1. The molecule has 0 radical (unpaired) electrons. The van der Waals surface area contributed by atoms with Gasteiger partial charge >= 0.3 is 12.1 Å². The van der Waals surface area contributed by atoms with Crippen molar-refractivity contribution in [3.63, 3.8) is 0 Å². The Morgan fingerprint density at radius 3 is 2.00 bits per heavy atom. The average molecular weight is 337 g/mol. The lowest BCUT2D eigenvalue weighted by Crippen LogP contribution is -2.52. The first-order valence-corrected chi connectivity index (χ1v) is 7.71. The maximum absolute atomic E-state index is 12.2. The molecule has 132 valence electrons. The highest BCUT2D eigenvalue weighted by molar-refractivity contribution is 5.90. The van der Waals surface area contributed by atoms with E-state index in [-0.39, 0.29) is 23.6 Å². The third-order valence-corrected chi connectivity index (χ3v) is 3.37. The van der Waals surface area contributed by atoms with Gasteiger partial charge in [0.25, 0.3) is 0 Å². The maximum Gasteiger partial charge on any atom is 0.410 e. The normalized spacial score (nSPS) is 15.1. The van der Waals surface area contributed by atoms with Crippen molar-refractivity contribution >= 4 is 17.8 Å². The van der Waals surface area contributed by atoms with Crippen molar-refractivity contribution in [2.75, 3.05) is 31.5 Å². The van der Waals surface area contributed by atoms with Gasteiger partial charge in [0.05, 0.1) is 0 Å². The van der Waals surface area contributed by atoms with Gasteiger partial charge in [0, 0.05) is 50.1 Å². The van der Waals surface area contributed by atoms with Gasteiger partial charge in [-0.2, -0.15) is 0 Å². The number of urea groups is 1. The number of hydrogen-bond acceptors (Lipinski definition) is 5. The fraction of sp³-hybridized carbons (Fsp3) is 0.500. The van der Waals surface area contributed by atoms with Gasteiger partial charge in [-0.15, -0.1) is 0 Å². The Kier molecular flexibility index (Phi) is 5.06. The van der Waals surface area contributed by atoms with Gasteiger partial charge < -0.3 is 30.1 Å². The summed E-state index contributed by atoms with van der Waals surface area (Å²) in [6.45, 7) is 6.92. The number of nitrogens with zero attached hydrogens (tertiary/aromatic N) is 2. The quantitative estimate of drug-likeness (QED) is 0.729. The molecular weight excluding hydrogens is 314 g/mol. The summed E-state index contributed by atoms with van der Waals surface area (Å²) in [4.78, 5) is 27.3. The van der Waals surface area contributed by atoms with Crippen molar-refractivity contribution in [1.29, 1.82) is 0 Å². The van der Waals surface area contributed by atoms with Crippen LogP contribution in [0.15, 0.2) is 18.2 Å². The zero-order valence-corrected chi connectivity index (χ0v) is 14.1. The average Bonchev–Trinajstić information content (AvgIpc) is 2.44. The van der Waals surface area contributed by atoms with Gasteiger partial charge in [-0.3, -0.25) is 0 Å². The molecule has 1 aliphatic heterocycles. The maximum atomic E-state index is 12.2. The molecule has 3 amide bonds. The highest BCUT2D eigenvalue weighted by Crippen LogP contribution is 2.24. The predicted molar refractivity (Wildman–Crippen MR) is 88.2 cm³/mol. The number of anilines is 1. The van der Waals surface area contributed by atoms with Crippen LogP contribution in [0.2, 0.25) is 0 Å². The van der Waals surface area contributed by atoms with E-state index < -0.39 is 5.60 Å². The predicted octanol–water partition coefficient (Wildman–Crippen LogP) is 2.18. The summed E-state index contributed by atoms with van der Waals surface area (Å²) in [6.07, 6.45) is -0.388. The van der Waals surface area contributed by atoms with Crippen LogP contribution in [0.4, 0.5) is 15.3 Å². The van der Waals surface area contributed by atoms with E-state index in [0.717, 1.165) is 0 Å². The van der Waals surface area contributed by atoms with Crippen LogP contribution in [0.1, 0.15) is 20.8 Å². The lowest BCUT2D eigenvalue weighted by Gasteiger charge is -2.35. The monoisotopic (exact) mass is 337 g/mol. The first kappa shape index (κ1) is 17.7. The number of ether oxygens (including phenoxy) is 1. The van der Waals surface area contributed by atoms with E-state index in [0.29, 0.717) is 31.9 Å². The van der Waals surface area contributed by atoms with E-state index in [9.17, 15) is 19.8 Å². The van der Waals surface area contributed by atoms with Crippen LogP contribution in [-0.4, -0.2) is 63.9 Å². The molecule has 0 aromatic heterocycles. The second kappa shape index (κ2) is 6.86. The minimum Gasteiger partial charge on any atom is -0.508 e. The van der Waals surface area contributed by atoms with Crippen molar-refractivity contribution < 1.29 is 24.5 Å². The smallest absolute Gasteiger partial charge is 0.410 e. The zero-order valence-electron chi connectivity index (χ0n) is 14.1. The lowest BCUT2D eigenvalue weighted by atomic mass is 10.2. The number of aromatic hydroxyl groups is 2. The van der Waals surface area contributed by atoms with Gasteiger partial charge in [-0.25, -0.2) is 9.59 Å². The molecule has 1 fully saturated rings. The number of nitrogens with one attached hydrogen (secondary N) is 1. The van der Waals surface area contributed by atoms with Crippen LogP contribution in [0.25, 0.3) is 0 Å². The van der Waals surface area contributed by atoms with E-state index in [1.807, 2.05) is 0 Å². The first-order chi connectivity index (χ1) is 11.1. The molecule has 1 aliphatic rings. The molecule has 0 atom stereocenters. The van der Waals surface area contributed by atoms with E-state index in [4.69, 9.17) is 4.74 Å². The van der Waals surface area contributed by atoms with Crippen LogP contribution in [0.3, 0.4) is 0 Å². The highest BCUT2D eigenvalue weighted by atomic mass is 16.6. The molecule has 24 heavy (non-hydrogen) atoms. The zero-order chi connectivity index (χ0) is 17.9. The molecule has 8 heteroatoms. The summed E-state index contributed by atoms with van der Waals surface area (Å²) in [6, 6.07) is 3.50. The largest absolute Gasteiger partial charge is 0.508 e. The van der Waals surface area contributed by atoms with Crippen LogP contribution in [-0.2, 0) is 4.74 Å². The second-order valence-corrected chi connectivity index (χ2v) is 6.62. The van der Waals surface area contributed by atoms with E-state index >= 15 is 0 Å². The van der Waals surface area contributed by atoms with Gasteiger partial charge in [0.15, 0.2) is 0 Å². The van der Waals surface area contributed by atoms with Crippen molar-refractivity contribution in [3.8, 4) is 11.5 Å². The summed E-state index contributed by atoms with van der Waals surface area (Å²) >= 11 is 0. The summed E-state index contributed by atoms with van der Waals surface area (Å²) in [5.41, 5.74) is -0.254. The molecule has 0 bridgehead atoms. The van der Waals surface area contributed by atoms with Crippen LogP contribution >= 0.6 is 0 Å². The molecule has 1 heterocycles. The number of benzene rings is 1. The standard InChI is InChI=1S/C16H23N3O5/c1-16(2,3)24-15(23)19-6-4-18(5-7-19)14(22)17-11-8-12(20)10-13(21)9-11/h8-10,20-21H,4-7H2,1-3H3,(H,17,22). The summed E-state index contributed by atoms with van der Waals surface area (Å²) in [5, 5.41) is 21.5. The summed E-state index contributed by atoms with van der Waals surface area (Å²) in [7, 11) is 0. The SMILES string of the molecule is CC(C)(C)OC(=O)N1CCN(C(=O)Nc2cc(O)cc(O)c2)CC1. The molecule has 1 aromatic rings. The number of carbonyl (C=O) groups excluding carboxylic acids is 2. The number of carbonyl (C=O) groups is 2. The van der Waals surface area contributed by atoms with E-state index in [2.05, 4.69) is 5.32 Å². The molecule has 0 spiro atoms. The Bertz CT molecular complexity index is 598. The Balaban J connectivity index is 1.87. The Morgan fingerprint density at radius 1 is 1.00 bits per heavy atom. The lowest BCUT2D eigenvalue weighted by molar-refractivity contribution is 0.0174. The highest BCUT2D eigenvalue weighted by Gasteiger charge is 2.27. The van der Waals surface area contributed by atoms with Crippen molar-refractivity contribution in [2.24, 2.45) is 0 Å². The molecular formula is C16H23N3O5. The number of hydrogen-bond donors (Lipinski definition) is 3. The number of phenolic OH excluding ortho intramolecular Hbond substituents is 2. The van der Waals surface area contributed by atoms with Crippen LogP contribution in [0, 0.1) is 0 Å². The Morgan fingerprint density at radius 2 is 1.50 bits per heavy atom. The number of piperazine rings is 1. The minimum absolute atomic E-state index is 0.139. The van der Waals surface area contributed by atoms with Gasteiger partial charge in [-0.1, -0.05) is 0 Å². The molecule has 3 N–H and O–H groups in total. The van der Waals surface area contributed by atoms with E-state index in [1.54, 1.807) is 30.6 Å². The first-order valence-electron chi connectivity index (χ1n) is 7.71. The molecule has 0 saturated carbocycles. The molecule has 1 aromatic carbocycles. The van der Waals surface area contributed by atoms with Gasteiger partial charge in [0.1, 0.15) is 17.1 Å². The minimum atomic E-state index is -0.553. The van der Waals surface area contributed by atoms with Crippen LogP contribution < -0.4 is 5.32 Å². The molecule has 0 unspecified atom stereocenters. The Hall–Kier alpha value is -2.64.